The molecule has 1 aromatic carbocycles. The summed E-state index contributed by atoms with van der Waals surface area (Å²) >= 11 is 0. The Morgan fingerprint density at radius 2 is 1.57 bits per heavy atom. The lowest BCUT2D eigenvalue weighted by atomic mass is 9.75. The molecular formula is C25H32N2O3. The van der Waals surface area contributed by atoms with Gasteiger partial charge in [-0.05, 0) is 64.7 Å². The quantitative estimate of drug-likeness (QED) is 0.745. The van der Waals surface area contributed by atoms with E-state index in [2.05, 4.69) is 0 Å². The van der Waals surface area contributed by atoms with Crippen molar-refractivity contribution in [3.05, 3.63) is 63.1 Å². The molecule has 0 bridgehead atoms. The summed E-state index contributed by atoms with van der Waals surface area (Å²) in [6, 6.07) is 9.05. The van der Waals surface area contributed by atoms with Crippen LogP contribution in [0.2, 0.25) is 0 Å². The molecule has 1 heterocycles. The van der Waals surface area contributed by atoms with E-state index in [1.807, 2.05) is 72.7 Å². The van der Waals surface area contributed by atoms with Crippen molar-refractivity contribution >= 4 is 11.7 Å². The van der Waals surface area contributed by atoms with Crippen molar-refractivity contribution in [1.29, 1.82) is 0 Å². The standard InChI is InChI=1S/C25H32N2O3/c1-15(2)26(16(3)4)23(29)20-12-19-21(13-25(6,7)14-22(19)28)27(24(20)30)18-10-8-17(5)9-11-18/h8-12,15-16H,13-14H2,1-7H3. The second-order valence-corrected chi connectivity index (χ2v) is 9.74. The van der Waals surface area contributed by atoms with E-state index in [9.17, 15) is 14.4 Å². The Bertz CT molecular complexity index is 1040. The van der Waals surface area contributed by atoms with Gasteiger partial charge in [0.05, 0.1) is 0 Å². The number of carbonyl (C=O) groups is 2. The molecule has 2 aromatic rings. The van der Waals surface area contributed by atoms with E-state index in [1.54, 1.807) is 15.5 Å². The highest BCUT2D eigenvalue weighted by Crippen LogP contribution is 2.35. The number of pyridine rings is 1. The molecule has 1 aliphatic carbocycles. The van der Waals surface area contributed by atoms with Crippen LogP contribution in [0.25, 0.3) is 5.69 Å². The van der Waals surface area contributed by atoms with E-state index in [-0.39, 0.29) is 40.3 Å². The van der Waals surface area contributed by atoms with Crippen LogP contribution in [0.4, 0.5) is 0 Å². The van der Waals surface area contributed by atoms with Crippen molar-refractivity contribution < 1.29 is 9.59 Å². The summed E-state index contributed by atoms with van der Waals surface area (Å²) in [5.74, 6) is -0.344. The van der Waals surface area contributed by atoms with Crippen molar-refractivity contribution in [2.45, 2.75) is 73.4 Å². The zero-order valence-corrected chi connectivity index (χ0v) is 19.1. The molecule has 160 valence electrons. The van der Waals surface area contributed by atoms with Gasteiger partial charge in [-0.15, -0.1) is 0 Å². The zero-order valence-electron chi connectivity index (χ0n) is 19.1. The normalized spacial score (nSPS) is 15.4. The van der Waals surface area contributed by atoms with Crippen LogP contribution in [0, 0.1) is 12.3 Å². The van der Waals surface area contributed by atoms with E-state index in [0.29, 0.717) is 29.8 Å². The zero-order chi connectivity index (χ0) is 22.4. The van der Waals surface area contributed by atoms with Gasteiger partial charge in [0, 0.05) is 35.4 Å². The molecule has 0 fully saturated rings. The van der Waals surface area contributed by atoms with Gasteiger partial charge in [0.2, 0.25) is 0 Å². The molecule has 0 N–H and O–H groups in total. The van der Waals surface area contributed by atoms with Gasteiger partial charge in [-0.3, -0.25) is 19.0 Å². The predicted octanol–water partition coefficient (Wildman–Crippen LogP) is 4.56. The summed E-state index contributed by atoms with van der Waals surface area (Å²) < 4.78 is 1.58. The number of rotatable bonds is 4. The van der Waals surface area contributed by atoms with E-state index < -0.39 is 0 Å². The molecule has 0 atom stereocenters. The summed E-state index contributed by atoms with van der Waals surface area (Å²) in [7, 11) is 0. The van der Waals surface area contributed by atoms with E-state index in [1.165, 1.54) is 0 Å². The molecule has 1 aromatic heterocycles. The molecule has 5 heteroatoms. The Hall–Kier alpha value is -2.69. The molecule has 0 aliphatic heterocycles. The largest absolute Gasteiger partial charge is 0.334 e. The van der Waals surface area contributed by atoms with Gasteiger partial charge in [0.25, 0.3) is 11.5 Å². The second-order valence-electron chi connectivity index (χ2n) is 9.74. The first-order chi connectivity index (χ1) is 13.9. The molecular weight excluding hydrogens is 376 g/mol. The molecule has 0 spiro atoms. The lowest BCUT2D eigenvalue weighted by Crippen LogP contribution is -2.45. The minimum atomic E-state index is -0.362. The first kappa shape index (κ1) is 22.0. The van der Waals surface area contributed by atoms with E-state index in [0.717, 1.165) is 5.56 Å². The van der Waals surface area contributed by atoms with Gasteiger partial charge < -0.3 is 4.90 Å². The average Bonchev–Trinajstić information content (AvgIpc) is 2.61. The third-order valence-corrected chi connectivity index (χ3v) is 5.76. The monoisotopic (exact) mass is 408 g/mol. The molecule has 0 saturated heterocycles. The van der Waals surface area contributed by atoms with Crippen LogP contribution in [0.1, 0.15) is 79.9 Å². The minimum Gasteiger partial charge on any atom is -0.334 e. The lowest BCUT2D eigenvalue weighted by molar-refractivity contribution is 0.0641. The number of benzene rings is 1. The number of carbonyl (C=O) groups excluding carboxylic acids is 2. The maximum Gasteiger partial charge on any atom is 0.268 e. The summed E-state index contributed by atoms with van der Waals surface area (Å²) in [4.78, 5) is 41.8. The molecule has 0 radical (unpaired) electrons. The highest BCUT2D eigenvalue weighted by Gasteiger charge is 2.36. The number of hydrogen-bond acceptors (Lipinski definition) is 3. The van der Waals surface area contributed by atoms with Gasteiger partial charge >= 0.3 is 0 Å². The van der Waals surface area contributed by atoms with Gasteiger partial charge in [0.1, 0.15) is 5.56 Å². The fourth-order valence-corrected chi connectivity index (χ4v) is 4.44. The van der Waals surface area contributed by atoms with Gasteiger partial charge in [-0.1, -0.05) is 31.5 Å². The fraction of sp³-hybridized carbons (Fsp3) is 0.480. The third kappa shape index (κ3) is 3.98. The van der Waals surface area contributed by atoms with Crippen molar-refractivity contribution in [3.63, 3.8) is 0 Å². The second kappa shape index (κ2) is 7.86. The van der Waals surface area contributed by atoms with Crippen LogP contribution in [0.5, 0.6) is 0 Å². The molecule has 0 unspecified atom stereocenters. The number of Topliss-reactive ketones (excluding diaryl/α,β-unsaturated/α-hetero) is 1. The van der Waals surface area contributed by atoms with Crippen LogP contribution >= 0.6 is 0 Å². The molecule has 0 saturated carbocycles. The minimum absolute atomic E-state index is 0.0168. The topological polar surface area (TPSA) is 59.4 Å². The number of aromatic nitrogens is 1. The van der Waals surface area contributed by atoms with Crippen LogP contribution in [-0.2, 0) is 6.42 Å². The number of hydrogen-bond donors (Lipinski definition) is 0. The summed E-state index contributed by atoms with van der Waals surface area (Å²) in [6.07, 6.45) is 1.00. The molecule has 5 nitrogen and oxygen atoms in total. The number of nitrogens with zero attached hydrogens (tertiary/aromatic N) is 2. The van der Waals surface area contributed by atoms with Gasteiger partial charge in [0.15, 0.2) is 5.78 Å². The number of aryl methyl sites for hydroxylation is 1. The van der Waals surface area contributed by atoms with Crippen LogP contribution < -0.4 is 5.56 Å². The third-order valence-electron chi connectivity index (χ3n) is 5.76. The summed E-state index contributed by atoms with van der Waals surface area (Å²) in [6.45, 7) is 13.8. The maximum absolute atomic E-state index is 13.6. The van der Waals surface area contributed by atoms with Crippen LogP contribution in [0.3, 0.4) is 0 Å². The van der Waals surface area contributed by atoms with Crippen LogP contribution in [0.15, 0.2) is 35.1 Å². The number of fused-ring (bicyclic) bond motifs is 1. The van der Waals surface area contributed by atoms with Crippen molar-refractivity contribution in [2.24, 2.45) is 5.41 Å². The van der Waals surface area contributed by atoms with E-state index in [4.69, 9.17) is 0 Å². The molecule has 1 aliphatic rings. The smallest absolute Gasteiger partial charge is 0.268 e. The Kier molecular flexibility index (Phi) is 5.76. The average molecular weight is 409 g/mol. The van der Waals surface area contributed by atoms with E-state index >= 15 is 0 Å². The SMILES string of the molecule is Cc1ccc(-n2c3c(cc(C(=O)N(C(C)C)C(C)C)c2=O)C(=O)CC(C)(C)C3)cc1. The summed E-state index contributed by atoms with van der Waals surface area (Å²) in [5.41, 5.74) is 2.41. The lowest BCUT2D eigenvalue weighted by Gasteiger charge is -2.34. The van der Waals surface area contributed by atoms with Crippen molar-refractivity contribution in [3.8, 4) is 5.69 Å². The van der Waals surface area contributed by atoms with Crippen molar-refractivity contribution in [1.82, 2.24) is 9.47 Å². The van der Waals surface area contributed by atoms with Gasteiger partial charge in [-0.25, -0.2) is 0 Å². The first-order valence-electron chi connectivity index (χ1n) is 10.6. The maximum atomic E-state index is 13.6. The molecule has 1 amide bonds. The van der Waals surface area contributed by atoms with Crippen molar-refractivity contribution in [2.75, 3.05) is 0 Å². The molecule has 30 heavy (non-hydrogen) atoms. The highest BCUT2D eigenvalue weighted by molar-refractivity contribution is 6.02. The Labute approximate surface area is 178 Å². The fourth-order valence-electron chi connectivity index (χ4n) is 4.44. The Balaban J connectivity index is 2.32. The van der Waals surface area contributed by atoms with Crippen LogP contribution in [-0.4, -0.2) is 33.2 Å². The predicted molar refractivity (Wildman–Crippen MR) is 120 cm³/mol. The highest BCUT2D eigenvalue weighted by atomic mass is 16.2. The molecule has 3 rings (SSSR count). The number of ketones is 1. The Morgan fingerprint density at radius 3 is 2.10 bits per heavy atom. The number of amides is 1. The van der Waals surface area contributed by atoms with Gasteiger partial charge in [-0.2, -0.15) is 0 Å². The first-order valence-corrected chi connectivity index (χ1v) is 10.6. The summed E-state index contributed by atoms with van der Waals surface area (Å²) in [5, 5.41) is 0. The Morgan fingerprint density at radius 1 is 1.00 bits per heavy atom.